The van der Waals surface area contributed by atoms with E-state index in [-0.39, 0.29) is 17.4 Å². The summed E-state index contributed by atoms with van der Waals surface area (Å²) in [6, 6.07) is 31.7. The Morgan fingerprint density at radius 2 is 1.67 bits per heavy atom. The molecule has 2 heterocycles. The second kappa shape index (κ2) is 16.3. The second-order valence-corrected chi connectivity index (χ2v) is 12.3. The summed E-state index contributed by atoms with van der Waals surface area (Å²) in [4.78, 5) is 29.4. The van der Waals surface area contributed by atoms with E-state index in [2.05, 4.69) is 20.5 Å². The molecule has 1 atom stereocenters. The Morgan fingerprint density at radius 3 is 2.47 bits per heavy atom. The second-order valence-electron chi connectivity index (χ2n) is 12.3. The van der Waals surface area contributed by atoms with Crippen molar-refractivity contribution < 1.29 is 24.5 Å². The van der Waals surface area contributed by atoms with Gasteiger partial charge in [0, 0.05) is 49.7 Å². The molecule has 5 N–H and O–H groups in total. The maximum Gasteiger partial charge on any atom is 0.411 e. The number of H-pyrrole nitrogens is 1. The lowest BCUT2D eigenvalue weighted by Crippen LogP contribution is -2.39. The molecule has 0 bridgehead atoms. The molecule has 49 heavy (non-hydrogen) atoms. The van der Waals surface area contributed by atoms with Gasteiger partial charge in [0.2, 0.25) is 5.56 Å². The first-order valence-corrected chi connectivity index (χ1v) is 16.7. The van der Waals surface area contributed by atoms with Gasteiger partial charge >= 0.3 is 6.09 Å². The molecule has 1 aromatic heterocycles. The number of aromatic nitrogens is 1. The van der Waals surface area contributed by atoms with E-state index in [1.54, 1.807) is 12.1 Å². The minimum atomic E-state index is -0.817. The van der Waals surface area contributed by atoms with Crippen LogP contribution in [0.2, 0.25) is 0 Å². The van der Waals surface area contributed by atoms with E-state index in [1.807, 2.05) is 78.9 Å². The van der Waals surface area contributed by atoms with Crippen molar-refractivity contribution in [3.8, 4) is 22.6 Å². The Labute approximate surface area is 285 Å². The van der Waals surface area contributed by atoms with E-state index < -0.39 is 12.2 Å². The zero-order valence-electron chi connectivity index (χ0n) is 27.3. The SMILES string of the molecule is O=C(Nc1ccccc1-c1ccccc1)OC1CCN(CCCOc2ccc(CNCC(O)c3ccc(O)c4[nH]c(=O)ccc34)cc2)CC1. The molecule has 1 aliphatic heterocycles. The summed E-state index contributed by atoms with van der Waals surface area (Å²) in [5.41, 5.74) is 4.42. The number of anilines is 1. The molecule has 254 valence electrons. The molecule has 0 saturated carbocycles. The van der Waals surface area contributed by atoms with Crippen LogP contribution in [-0.2, 0) is 11.3 Å². The zero-order chi connectivity index (χ0) is 34.0. The summed E-state index contributed by atoms with van der Waals surface area (Å²) in [5.74, 6) is 0.773. The van der Waals surface area contributed by atoms with E-state index in [9.17, 15) is 19.8 Å². The highest BCUT2D eigenvalue weighted by Gasteiger charge is 2.22. The van der Waals surface area contributed by atoms with Crippen LogP contribution < -0.4 is 20.9 Å². The normalized spacial score (nSPS) is 14.4. The summed E-state index contributed by atoms with van der Waals surface area (Å²) >= 11 is 0. The smallest absolute Gasteiger partial charge is 0.411 e. The van der Waals surface area contributed by atoms with Gasteiger partial charge in [-0.05, 0) is 66.3 Å². The average Bonchev–Trinajstić information content (AvgIpc) is 3.12. The van der Waals surface area contributed by atoms with E-state index in [0.29, 0.717) is 36.2 Å². The third kappa shape index (κ3) is 9.05. The van der Waals surface area contributed by atoms with Gasteiger partial charge in [-0.1, -0.05) is 66.7 Å². The Bertz CT molecular complexity index is 1890. The summed E-state index contributed by atoms with van der Waals surface area (Å²) < 4.78 is 11.7. The van der Waals surface area contributed by atoms with Gasteiger partial charge in [0.05, 0.1) is 23.9 Å². The predicted molar refractivity (Wildman–Crippen MR) is 191 cm³/mol. The highest BCUT2D eigenvalue weighted by molar-refractivity contribution is 5.91. The van der Waals surface area contributed by atoms with Crippen LogP contribution in [0.15, 0.2) is 108 Å². The first kappa shape index (κ1) is 33.7. The molecule has 1 aliphatic rings. The number of carbonyl (C=O) groups excluding carboxylic acids is 1. The number of fused-ring (bicyclic) bond motifs is 1. The van der Waals surface area contributed by atoms with Crippen LogP contribution in [-0.4, -0.2) is 65.1 Å². The maximum absolute atomic E-state index is 12.7. The molecular weight excluding hydrogens is 620 g/mol. The molecule has 5 aromatic rings. The molecule has 1 saturated heterocycles. The van der Waals surface area contributed by atoms with Crippen molar-refractivity contribution in [1.29, 1.82) is 0 Å². The van der Waals surface area contributed by atoms with Gasteiger partial charge < -0.3 is 34.9 Å². The number of aromatic amines is 1. The number of ether oxygens (including phenoxy) is 2. The van der Waals surface area contributed by atoms with Crippen LogP contribution in [0.1, 0.15) is 36.5 Å². The van der Waals surface area contributed by atoms with Gasteiger partial charge in [-0.25, -0.2) is 4.79 Å². The summed E-state index contributed by atoms with van der Waals surface area (Å²) in [6.07, 6.45) is 1.15. The van der Waals surface area contributed by atoms with Crippen molar-refractivity contribution in [2.24, 2.45) is 0 Å². The summed E-state index contributed by atoms with van der Waals surface area (Å²) in [6.45, 7) is 4.13. The van der Waals surface area contributed by atoms with Gasteiger partial charge in [0.25, 0.3) is 0 Å². The highest BCUT2D eigenvalue weighted by Crippen LogP contribution is 2.29. The number of benzene rings is 4. The first-order chi connectivity index (χ1) is 23.9. The largest absolute Gasteiger partial charge is 0.506 e. The molecule has 10 nitrogen and oxygen atoms in total. The lowest BCUT2D eigenvalue weighted by Gasteiger charge is -2.31. The Kier molecular flexibility index (Phi) is 11.2. The minimum Gasteiger partial charge on any atom is -0.506 e. The lowest BCUT2D eigenvalue weighted by atomic mass is 10.0. The van der Waals surface area contributed by atoms with Crippen LogP contribution in [0.5, 0.6) is 11.5 Å². The number of carbonyl (C=O) groups is 1. The number of phenols is 1. The Morgan fingerprint density at radius 1 is 0.918 bits per heavy atom. The van der Waals surface area contributed by atoms with E-state index in [0.717, 1.165) is 67.0 Å². The van der Waals surface area contributed by atoms with Crippen molar-refractivity contribution in [3.63, 3.8) is 0 Å². The van der Waals surface area contributed by atoms with Gasteiger partial charge in [-0.2, -0.15) is 0 Å². The zero-order valence-corrected chi connectivity index (χ0v) is 27.3. The fourth-order valence-corrected chi connectivity index (χ4v) is 6.20. The quantitative estimate of drug-likeness (QED) is 0.0940. The van der Waals surface area contributed by atoms with Gasteiger partial charge in [-0.3, -0.25) is 10.1 Å². The molecular formula is C39H42N4O6. The van der Waals surface area contributed by atoms with E-state index >= 15 is 0 Å². The Balaban J connectivity index is 0.863. The number of nitrogens with zero attached hydrogens (tertiary/aromatic N) is 1. The molecule has 4 aromatic carbocycles. The van der Waals surface area contributed by atoms with Crippen LogP contribution in [0.3, 0.4) is 0 Å². The van der Waals surface area contributed by atoms with Crippen LogP contribution in [0.25, 0.3) is 22.0 Å². The topological polar surface area (TPSA) is 136 Å². The fraction of sp³-hybridized carbons (Fsp3) is 0.282. The van der Waals surface area contributed by atoms with E-state index in [1.165, 1.54) is 12.1 Å². The third-order valence-corrected chi connectivity index (χ3v) is 8.80. The molecule has 1 unspecified atom stereocenters. The third-order valence-electron chi connectivity index (χ3n) is 8.80. The van der Waals surface area contributed by atoms with Gasteiger partial charge in [0.1, 0.15) is 17.6 Å². The van der Waals surface area contributed by atoms with Crippen molar-refractivity contribution in [2.75, 3.05) is 38.1 Å². The molecule has 1 fully saturated rings. The molecule has 6 rings (SSSR count). The minimum absolute atomic E-state index is 0.0330. The van der Waals surface area contributed by atoms with Crippen molar-refractivity contribution in [3.05, 3.63) is 125 Å². The number of aromatic hydroxyl groups is 1. The van der Waals surface area contributed by atoms with Gasteiger partial charge in [-0.15, -0.1) is 0 Å². The number of nitrogens with one attached hydrogen (secondary N) is 3. The highest BCUT2D eigenvalue weighted by atomic mass is 16.6. The summed E-state index contributed by atoms with van der Waals surface area (Å²) in [7, 11) is 0. The number of hydrogen-bond donors (Lipinski definition) is 5. The molecule has 1 amide bonds. The average molecular weight is 663 g/mol. The maximum atomic E-state index is 12.7. The fourth-order valence-electron chi connectivity index (χ4n) is 6.20. The van der Waals surface area contributed by atoms with Crippen molar-refractivity contribution in [2.45, 2.75) is 38.0 Å². The lowest BCUT2D eigenvalue weighted by molar-refractivity contribution is 0.0575. The number of amides is 1. The molecule has 0 radical (unpaired) electrons. The van der Waals surface area contributed by atoms with Crippen LogP contribution in [0.4, 0.5) is 10.5 Å². The number of aliphatic hydroxyl groups is 1. The number of piperidine rings is 1. The molecule has 0 spiro atoms. The number of likely N-dealkylation sites (tertiary alicyclic amines) is 1. The Hall–Kier alpha value is -5.16. The number of phenolic OH excluding ortho intramolecular Hbond substituents is 1. The van der Waals surface area contributed by atoms with Gasteiger partial charge in [0.15, 0.2) is 0 Å². The standard InChI is InChI=1S/C39H42N4O6/c44-35-17-15-32(33-16-18-37(46)42-38(33)35)36(45)26-40-25-27-11-13-29(14-12-27)48-24-6-21-43-22-19-30(20-23-43)49-39(47)41-34-10-5-4-9-31(34)28-7-2-1-3-8-28/h1-5,7-18,30,36,40,44-45H,6,19-26H2,(H,41,47)(H,42,46). The molecule has 10 heteroatoms. The number of rotatable bonds is 13. The van der Waals surface area contributed by atoms with Crippen molar-refractivity contribution >= 4 is 22.7 Å². The number of pyridine rings is 1. The number of hydrogen-bond acceptors (Lipinski definition) is 8. The van der Waals surface area contributed by atoms with Crippen LogP contribution >= 0.6 is 0 Å². The first-order valence-electron chi connectivity index (χ1n) is 16.7. The monoisotopic (exact) mass is 662 g/mol. The molecule has 0 aliphatic carbocycles. The summed E-state index contributed by atoms with van der Waals surface area (Å²) in [5, 5.41) is 27.7. The van der Waals surface area contributed by atoms with Crippen LogP contribution in [0, 0.1) is 0 Å². The number of para-hydroxylation sites is 1. The van der Waals surface area contributed by atoms with E-state index in [4.69, 9.17) is 9.47 Å². The van der Waals surface area contributed by atoms with Crippen molar-refractivity contribution in [1.82, 2.24) is 15.2 Å². The predicted octanol–water partition coefficient (Wildman–Crippen LogP) is 6.21. The number of aliphatic hydroxyl groups excluding tert-OH is 1.